The second kappa shape index (κ2) is 9.00. The molecule has 4 rings (SSSR count). The zero-order valence-corrected chi connectivity index (χ0v) is 20.3. The molecule has 0 bridgehead atoms. The van der Waals surface area contributed by atoms with Crippen LogP contribution in [0.25, 0.3) is 11.3 Å². The Hall–Kier alpha value is -2.97. The van der Waals surface area contributed by atoms with Gasteiger partial charge in [-0.1, -0.05) is 47.6 Å². The van der Waals surface area contributed by atoms with E-state index in [0.29, 0.717) is 22.6 Å². The van der Waals surface area contributed by atoms with Crippen molar-refractivity contribution in [3.8, 4) is 11.3 Å². The standard InChI is InChI=1S/C26H29BFNO5/c1-16-21(15-23(30)31-17(2)20-9-7-8-10-22(20)28)24(32-29-16)18-11-13-19(14-12-18)27-33-25(3,4)26(5,6)34-27/h7-14,17H,15H2,1-6H3. The van der Waals surface area contributed by atoms with Gasteiger partial charge in [0, 0.05) is 16.7 Å². The summed E-state index contributed by atoms with van der Waals surface area (Å²) in [4.78, 5) is 12.6. The van der Waals surface area contributed by atoms with Gasteiger partial charge in [0.25, 0.3) is 0 Å². The van der Waals surface area contributed by atoms with Gasteiger partial charge in [0.15, 0.2) is 5.76 Å². The van der Waals surface area contributed by atoms with E-state index in [4.69, 9.17) is 18.6 Å². The molecule has 2 aromatic carbocycles. The van der Waals surface area contributed by atoms with Crippen molar-refractivity contribution in [2.24, 2.45) is 0 Å². The number of carbonyl (C=O) groups excluding carboxylic acids is 1. The van der Waals surface area contributed by atoms with E-state index < -0.39 is 36.2 Å². The highest BCUT2D eigenvalue weighted by Gasteiger charge is 2.51. The third kappa shape index (κ3) is 4.65. The van der Waals surface area contributed by atoms with Crippen LogP contribution in [0.1, 0.15) is 57.5 Å². The molecular formula is C26H29BFNO5. The normalized spacial score (nSPS) is 17.6. The van der Waals surface area contributed by atoms with Crippen molar-refractivity contribution in [2.75, 3.05) is 0 Å². The molecule has 0 amide bonds. The largest absolute Gasteiger partial charge is 0.494 e. The van der Waals surface area contributed by atoms with E-state index in [0.717, 1.165) is 11.0 Å². The lowest BCUT2D eigenvalue weighted by Crippen LogP contribution is -2.41. The summed E-state index contributed by atoms with van der Waals surface area (Å²) in [6.45, 7) is 11.5. The molecule has 178 valence electrons. The first-order valence-corrected chi connectivity index (χ1v) is 11.3. The zero-order chi connectivity index (χ0) is 24.7. The Morgan fingerprint density at radius 1 is 1.06 bits per heavy atom. The molecule has 1 atom stereocenters. The minimum atomic E-state index is -0.712. The van der Waals surface area contributed by atoms with Crippen LogP contribution in [0.4, 0.5) is 4.39 Å². The summed E-state index contributed by atoms with van der Waals surface area (Å²) in [5.41, 5.74) is 2.37. The molecule has 0 saturated carbocycles. The lowest BCUT2D eigenvalue weighted by atomic mass is 9.78. The van der Waals surface area contributed by atoms with Crippen molar-refractivity contribution < 1.29 is 27.8 Å². The maximum Gasteiger partial charge on any atom is 0.494 e. The molecule has 1 saturated heterocycles. The first-order valence-electron chi connectivity index (χ1n) is 11.3. The van der Waals surface area contributed by atoms with Gasteiger partial charge in [-0.3, -0.25) is 4.79 Å². The number of nitrogens with zero attached hydrogens (tertiary/aromatic N) is 1. The summed E-state index contributed by atoms with van der Waals surface area (Å²) in [6.07, 6.45) is -0.751. The number of ether oxygens (including phenoxy) is 1. The van der Waals surface area contributed by atoms with Crippen molar-refractivity contribution >= 4 is 18.6 Å². The molecule has 8 heteroatoms. The molecular weight excluding hydrogens is 436 g/mol. The Morgan fingerprint density at radius 2 is 1.68 bits per heavy atom. The number of hydrogen-bond acceptors (Lipinski definition) is 6. The number of aromatic nitrogens is 1. The molecule has 34 heavy (non-hydrogen) atoms. The Balaban J connectivity index is 1.49. The quantitative estimate of drug-likeness (QED) is 0.380. The van der Waals surface area contributed by atoms with Crippen LogP contribution in [0.2, 0.25) is 0 Å². The summed E-state index contributed by atoms with van der Waals surface area (Å²) in [5.74, 6) is -0.405. The first-order chi connectivity index (χ1) is 16.0. The van der Waals surface area contributed by atoms with Crippen LogP contribution in [-0.2, 0) is 25.3 Å². The molecule has 1 fully saturated rings. The summed E-state index contributed by atoms with van der Waals surface area (Å²) in [7, 11) is -0.468. The predicted octanol–water partition coefficient (Wildman–Crippen LogP) is 4.94. The fourth-order valence-corrected chi connectivity index (χ4v) is 3.85. The van der Waals surface area contributed by atoms with Crippen molar-refractivity contribution in [1.29, 1.82) is 0 Å². The number of esters is 1. The molecule has 1 aliphatic rings. The highest BCUT2D eigenvalue weighted by atomic mass is 19.1. The highest BCUT2D eigenvalue weighted by Crippen LogP contribution is 2.36. The van der Waals surface area contributed by atoms with Crippen LogP contribution in [0.5, 0.6) is 0 Å². The molecule has 0 aliphatic carbocycles. The van der Waals surface area contributed by atoms with Crippen LogP contribution in [0.15, 0.2) is 53.1 Å². The average Bonchev–Trinajstić information content (AvgIpc) is 3.23. The number of carbonyl (C=O) groups is 1. The Morgan fingerprint density at radius 3 is 2.29 bits per heavy atom. The fraction of sp³-hybridized carbons (Fsp3) is 0.385. The summed E-state index contributed by atoms with van der Waals surface area (Å²) in [6, 6.07) is 13.8. The van der Waals surface area contributed by atoms with E-state index in [1.165, 1.54) is 6.07 Å². The van der Waals surface area contributed by atoms with Crippen LogP contribution >= 0.6 is 0 Å². The van der Waals surface area contributed by atoms with Gasteiger partial charge in [-0.25, -0.2) is 4.39 Å². The van der Waals surface area contributed by atoms with Gasteiger partial charge < -0.3 is 18.6 Å². The Bertz CT molecular complexity index is 1170. The van der Waals surface area contributed by atoms with Gasteiger partial charge in [0.05, 0.1) is 23.3 Å². The SMILES string of the molecule is Cc1noc(-c2ccc(B3OC(C)(C)C(C)(C)O3)cc2)c1CC(=O)OC(C)c1ccccc1F. The van der Waals surface area contributed by atoms with E-state index >= 15 is 0 Å². The predicted molar refractivity (Wildman–Crippen MR) is 127 cm³/mol. The number of rotatable bonds is 6. The molecule has 6 nitrogen and oxygen atoms in total. The van der Waals surface area contributed by atoms with Gasteiger partial charge >= 0.3 is 13.1 Å². The molecule has 0 N–H and O–H groups in total. The first kappa shape index (κ1) is 24.2. The van der Waals surface area contributed by atoms with Gasteiger partial charge in [0.2, 0.25) is 0 Å². The highest BCUT2D eigenvalue weighted by molar-refractivity contribution is 6.62. The van der Waals surface area contributed by atoms with Crippen LogP contribution in [0, 0.1) is 12.7 Å². The van der Waals surface area contributed by atoms with Crippen LogP contribution < -0.4 is 5.46 Å². The molecule has 1 unspecified atom stereocenters. The number of hydrogen-bond donors (Lipinski definition) is 0. The maximum absolute atomic E-state index is 14.0. The van der Waals surface area contributed by atoms with Crippen molar-refractivity contribution in [3.05, 3.63) is 71.2 Å². The van der Waals surface area contributed by atoms with Crippen molar-refractivity contribution in [2.45, 2.75) is 65.3 Å². The summed E-state index contributed by atoms with van der Waals surface area (Å²) >= 11 is 0. The van der Waals surface area contributed by atoms with E-state index in [2.05, 4.69) is 5.16 Å². The molecule has 2 heterocycles. The van der Waals surface area contributed by atoms with Crippen LogP contribution in [0.3, 0.4) is 0 Å². The molecule has 0 radical (unpaired) electrons. The summed E-state index contributed by atoms with van der Waals surface area (Å²) in [5, 5.41) is 4.04. The van der Waals surface area contributed by atoms with Crippen molar-refractivity contribution in [1.82, 2.24) is 5.16 Å². The molecule has 0 spiro atoms. The fourth-order valence-electron chi connectivity index (χ4n) is 3.85. The third-order valence-electron chi connectivity index (χ3n) is 6.66. The maximum atomic E-state index is 14.0. The topological polar surface area (TPSA) is 70.8 Å². The van der Waals surface area contributed by atoms with E-state index in [1.807, 2.05) is 52.0 Å². The smallest absolute Gasteiger partial charge is 0.457 e. The van der Waals surface area contributed by atoms with Gasteiger partial charge in [-0.05, 0) is 53.1 Å². The second-order valence-electron chi connectivity index (χ2n) is 9.62. The molecule has 1 aliphatic heterocycles. The lowest BCUT2D eigenvalue weighted by Gasteiger charge is -2.32. The molecule has 1 aromatic heterocycles. The third-order valence-corrected chi connectivity index (χ3v) is 6.66. The number of benzene rings is 2. The van der Waals surface area contributed by atoms with E-state index in [-0.39, 0.29) is 6.42 Å². The van der Waals surface area contributed by atoms with Gasteiger partial charge in [-0.15, -0.1) is 0 Å². The number of halogens is 1. The summed E-state index contributed by atoms with van der Waals surface area (Å²) < 4.78 is 37.3. The Kier molecular flexibility index (Phi) is 6.40. The van der Waals surface area contributed by atoms with Crippen molar-refractivity contribution in [3.63, 3.8) is 0 Å². The average molecular weight is 465 g/mol. The van der Waals surface area contributed by atoms with Gasteiger partial charge in [-0.2, -0.15) is 0 Å². The number of aryl methyl sites for hydroxylation is 1. The monoisotopic (exact) mass is 465 g/mol. The zero-order valence-electron chi connectivity index (χ0n) is 20.3. The Labute approximate surface area is 199 Å². The van der Waals surface area contributed by atoms with Gasteiger partial charge in [0.1, 0.15) is 11.9 Å². The van der Waals surface area contributed by atoms with E-state index in [9.17, 15) is 9.18 Å². The second-order valence-corrected chi connectivity index (χ2v) is 9.62. The molecule has 3 aromatic rings. The lowest BCUT2D eigenvalue weighted by molar-refractivity contribution is -0.147. The minimum Gasteiger partial charge on any atom is -0.457 e. The van der Waals surface area contributed by atoms with E-state index in [1.54, 1.807) is 32.0 Å². The minimum absolute atomic E-state index is 0.0392. The van der Waals surface area contributed by atoms with Crippen LogP contribution in [-0.4, -0.2) is 29.4 Å².